The van der Waals surface area contributed by atoms with Crippen molar-refractivity contribution in [2.45, 2.75) is 12.8 Å². The van der Waals surface area contributed by atoms with Gasteiger partial charge in [0.2, 0.25) is 0 Å². The summed E-state index contributed by atoms with van der Waals surface area (Å²) in [6.45, 7) is 2.22. The van der Waals surface area contributed by atoms with E-state index in [9.17, 15) is 14.9 Å². The van der Waals surface area contributed by atoms with Gasteiger partial charge < -0.3 is 4.74 Å². The fraction of sp³-hybridized carbons (Fsp3) is 0.300. The Labute approximate surface area is 101 Å². The van der Waals surface area contributed by atoms with Gasteiger partial charge in [-0.05, 0) is 12.1 Å². The van der Waals surface area contributed by atoms with Crippen molar-refractivity contribution < 1.29 is 14.5 Å². The second kappa shape index (κ2) is 5.60. The van der Waals surface area contributed by atoms with E-state index in [1.165, 1.54) is 6.07 Å². The molecule has 0 amide bonds. The van der Waals surface area contributed by atoms with Crippen LogP contribution in [0.25, 0.3) is 0 Å². The lowest BCUT2D eigenvalue weighted by molar-refractivity contribution is -0.385. The summed E-state index contributed by atoms with van der Waals surface area (Å²) in [5.41, 5.74) is 0.575. The van der Waals surface area contributed by atoms with E-state index in [0.29, 0.717) is 12.0 Å². The summed E-state index contributed by atoms with van der Waals surface area (Å²) in [4.78, 5) is 20.4. The predicted octanol–water partition coefficient (Wildman–Crippen LogP) is 2.63. The van der Waals surface area contributed by atoms with Gasteiger partial charge in [0, 0.05) is 22.0 Å². The average molecular weight is 288 g/mol. The number of halogens is 1. The third-order valence-corrected chi connectivity index (χ3v) is 2.62. The van der Waals surface area contributed by atoms with Crippen molar-refractivity contribution in [2.24, 2.45) is 0 Å². The van der Waals surface area contributed by atoms with Crippen LogP contribution in [0.5, 0.6) is 0 Å². The van der Waals surface area contributed by atoms with Crippen LogP contribution in [0.2, 0.25) is 0 Å². The fourth-order valence-corrected chi connectivity index (χ4v) is 1.74. The second-order valence-corrected chi connectivity index (χ2v) is 4.21. The third-order valence-electron chi connectivity index (χ3n) is 2.13. The molecule has 1 aromatic carbocycles. The molecule has 6 heteroatoms. The minimum Gasteiger partial charge on any atom is -0.467 e. The van der Waals surface area contributed by atoms with E-state index in [1.54, 1.807) is 19.1 Å². The van der Waals surface area contributed by atoms with Crippen molar-refractivity contribution in [2.75, 3.05) is 6.61 Å². The highest BCUT2D eigenvalue weighted by molar-refractivity contribution is 9.10. The molecule has 0 bridgehead atoms. The van der Waals surface area contributed by atoms with Crippen molar-refractivity contribution in [1.82, 2.24) is 0 Å². The predicted molar refractivity (Wildman–Crippen MR) is 61.2 cm³/mol. The number of hydrogen-bond acceptors (Lipinski definition) is 4. The SMILES string of the molecule is CC(COC=O)c1cc(Br)ccc1[N+](=O)[O-]. The monoisotopic (exact) mass is 287 g/mol. The maximum atomic E-state index is 10.8. The zero-order valence-electron chi connectivity index (χ0n) is 8.55. The van der Waals surface area contributed by atoms with Crippen LogP contribution in [0, 0.1) is 10.1 Å². The van der Waals surface area contributed by atoms with Crippen LogP contribution in [0.1, 0.15) is 18.4 Å². The molecule has 86 valence electrons. The first-order valence-corrected chi connectivity index (χ1v) is 5.34. The highest BCUT2D eigenvalue weighted by Crippen LogP contribution is 2.29. The van der Waals surface area contributed by atoms with E-state index in [2.05, 4.69) is 20.7 Å². The smallest absolute Gasteiger partial charge is 0.293 e. The van der Waals surface area contributed by atoms with E-state index in [-0.39, 0.29) is 18.2 Å². The summed E-state index contributed by atoms with van der Waals surface area (Å²) in [5.74, 6) is -0.219. The largest absolute Gasteiger partial charge is 0.467 e. The molecule has 0 spiro atoms. The van der Waals surface area contributed by atoms with E-state index >= 15 is 0 Å². The lowest BCUT2D eigenvalue weighted by Gasteiger charge is -2.11. The van der Waals surface area contributed by atoms with Crippen LogP contribution in [-0.4, -0.2) is 18.0 Å². The Morgan fingerprint density at radius 1 is 1.62 bits per heavy atom. The zero-order valence-corrected chi connectivity index (χ0v) is 10.1. The molecule has 0 saturated heterocycles. The first kappa shape index (κ1) is 12.6. The van der Waals surface area contributed by atoms with Gasteiger partial charge in [0.25, 0.3) is 12.2 Å². The van der Waals surface area contributed by atoms with Crippen molar-refractivity contribution in [3.8, 4) is 0 Å². The van der Waals surface area contributed by atoms with Gasteiger partial charge in [0.15, 0.2) is 0 Å². The molecule has 1 atom stereocenters. The number of carbonyl (C=O) groups excluding carboxylic acids is 1. The molecule has 0 N–H and O–H groups in total. The fourth-order valence-electron chi connectivity index (χ4n) is 1.36. The Balaban J connectivity index is 3.03. The molecule has 1 rings (SSSR count). The van der Waals surface area contributed by atoms with Gasteiger partial charge in [-0.2, -0.15) is 0 Å². The minimum absolute atomic E-state index is 0.0326. The molecule has 0 heterocycles. The summed E-state index contributed by atoms with van der Waals surface area (Å²) in [5, 5.41) is 10.8. The van der Waals surface area contributed by atoms with Crippen LogP contribution in [0.15, 0.2) is 22.7 Å². The molecular formula is C10H10BrNO4. The van der Waals surface area contributed by atoms with Crippen LogP contribution >= 0.6 is 15.9 Å². The molecule has 0 aromatic heterocycles. The Bertz CT molecular complexity index is 408. The lowest BCUT2D eigenvalue weighted by atomic mass is 10.0. The highest BCUT2D eigenvalue weighted by atomic mass is 79.9. The molecule has 16 heavy (non-hydrogen) atoms. The molecule has 0 radical (unpaired) electrons. The second-order valence-electron chi connectivity index (χ2n) is 3.29. The quantitative estimate of drug-likeness (QED) is 0.474. The summed E-state index contributed by atoms with van der Waals surface area (Å²) in [6.07, 6.45) is 0. The number of hydrogen-bond donors (Lipinski definition) is 0. The Hall–Kier alpha value is -1.43. The third kappa shape index (κ3) is 3.03. The summed E-state index contributed by atoms with van der Waals surface area (Å²) >= 11 is 3.25. The summed E-state index contributed by atoms with van der Waals surface area (Å²) in [6, 6.07) is 4.70. The van der Waals surface area contributed by atoms with E-state index in [1.807, 2.05) is 0 Å². The first-order valence-electron chi connectivity index (χ1n) is 4.55. The maximum absolute atomic E-state index is 10.8. The molecule has 0 fully saturated rings. The molecular weight excluding hydrogens is 278 g/mol. The van der Waals surface area contributed by atoms with E-state index in [4.69, 9.17) is 0 Å². The van der Waals surface area contributed by atoms with Gasteiger partial charge in [0.1, 0.15) is 0 Å². The molecule has 1 aromatic rings. The van der Waals surface area contributed by atoms with Crippen LogP contribution in [0.4, 0.5) is 5.69 Å². The first-order chi connectivity index (χ1) is 7.56. The van der Waals surface area contributed by atoms with E-state index < -0.39 is 4.92 Å². The number of ether oxygens (including phenoxy) is 1. The molecule has 1 unspecified atom stereocenters. The maximum Gasteiger partial charge on any atom is 0.293 e. The standard InChI is InChI=1S/C10H10BrNO4/c1-7(5-16-6-13)9-4-8(11)2-3-10(9)12(14)15/h2-4,6-7H,5H2,1H3. The number of nitro benzene ring substituents is 1. The van der Waals surface area contributed by atoms with Crippen LogP contribution in [0.3, 0.4) is 0 Å². The van der Waals surface area contributed by atoms with Crippen molar-refractivity contribution in [3.63, 3.8) is 0 Å². The Kier molecular flexibility index (Phi) is 4.42. The van der Waals surface area contributed by atoms with Crippen molar-refractivity contribution in [3.05, 3.63) is 38.3 Å². The van der Waals surface area contributed by atoms with Gasteiger partial charge >= 0.3 is 0 Å². The van der Waals surface area contributed by atoms with Crippen molar-refractivity contribution >= 4 is 28.1 Å². The molecule has 0 aliphatic rings. The summed E-state index contributed by atoms with van der Waals surface area (Å²) in [7, 11) is 0. The van der Waals surface area contributed by atoms with Crippen LogP contribution < -0.4 is 0 Å². The Morgan fingerprint density at radius 2 is 2.31 bits per heavy atom. The highest BCUT2D eigenvalue weighted by Gasteiger charge is 2.19. The van der Waals surface area contributed by atoms with Gasteiger partial charge in [-0.1, -0.05) is 22.9 Å². The molecule has 5 nitrogen and oxygen atoms in total. The zero-order chi connectivity index (χ0) is 12.1. The average Bonchev–Trinajstić information content (AvgIpc) is 2.25. The molecule has 0 aliphatic heterocycles. The van der Waals surface area contributed by atoms with Gasteiger partial charge in [0.05, 0.1) is 11.5 Å². The number of rotatable bonds is 5. The normalized spacial score (nSPS) is 11.9. The van der Waals surface area contributed by atoms with E-state index in [0.717, 1.165) is 4.47 Å². The molecule has 0 aliphatic carbocycles. The van der Waals surface area contributed by atoms with Crippen molar-refractivity contribution in [1.29, 1.82) is 0 Å². The Morgan fingerprint density at radius 3 is 2.88 bits per heavy atom. The topological polar surface area (TPSA) is 69.4 Å². The lowest BCUT2D eigenvalue weighted by Crippen LogP contribution is -2.06. The number of carbonyl (C=O) groups is 1. The number of nitrogens with zero attached hydrogens (tertiary/aromatic N) is 1. The number of benzene rings is 1. The van der Waals surface area contributed by atoms with Crippen LogP contribution in [-0.2, 0) is 9.53 Å². The van der Waals surface area contributed by atoms with Gasteiger partial charge in [-0.3, -0.25) is 14.9 Å². The van der Waals surface area contributed by atoms with Gasteiger partial charge in [-0.25, -0.2) is 0 Å². The summed E-state index contributed by atoms with van der Waals surface area (Å²) < 4.78 is 5.36. The molecule has 0 saturated carbocycles. The van der Waals surface area contributed by atoms with Gasteiger partial charge in [-0.15, -0.1) is 0 Å². The minimum atomic E-state index is -0.445. The number of nitro groups is 1.